The average molecular weight is 188 g/mol. The summed E-state index contributed by atoms with van der Waals surface area (Å²) in [5, 5.41) is 17.9. The number of nitrogens with zero attached hydrogens (tertiary/aromatic N) is 2. The fourth-order valence-electron chi connectivity index (χ4n) is 3.18. The Hall–Kier alpha value is -1.02. The molecule has 0 amide bonds. The van der Waals surface area contributed by atoms with Gasteiger partial charge in [-0.1, -0.05) is 25.7 Å². The van der Waals surface area contributed by atoms with Gasteiger partial charge in [-0.05, 0) is 24.7 Å². The lowest BCUT2D eigenvalue weighted by Gasteiger charge is -2.16. The molecular formula is C12H16N2. The molecule has 14 heavy (non-hydrogen) atoms. The van der Waals surface area contributed by atoms with E-state index in [1.807, 2.05) is 0 Å². The molecule has 0 aromatic heterocycles. The van der Waals surface area contributed by atoms with Crippen molar-refractivity contribution in [3.8, 4) is 12.1 Å². The average Bonchev–Trinajstić information content (AvgIpc) is 2.85. The van der Waals surface area contributed by atoms with Gasteiger partial charge in [-0.2, -0.15) is 10.5 Å². The Kier molecular flexibility index (Phi) is 2.73. The zero-order valence-electron chi connectivity index (χ0n) is 8.45. The van der Waals surface area contributed by atoms with Crippen LogP contribution >= 0.6 is 0 Å². The summed E-state index contributed by atoms with van der Waals surface area (Å²) >= 11 is 0. The monoisotopic (exact) mass is 188 g/mol. The molecule has 2 nitrogen and oxygen atoms in total. The van der Waals surface area contributed by atoms with Gasteiger partial charge in [0.05, 0.1) is 24.0 Å². The molecule has 0 spiro atoms. The first-order valence-electron chi connectivity index (χ1n) is 5.64. The van der Waals surface area contributed by atoms with Crippen LogP contribution in [-0.4, -0.2) is 0 Å². The van der Waals surface area contributed by atoms with Crippen LogP contribution in [0.1, 0.15) is 38.5 Å². The zero-order valence-corrected chi connectivity index (χ0v) is 8.45. The van der Waals surface area contributed by atoms with Crippen LogP contribution in [0.15, 0.2) is 0 Å². The highest BCUT2D eigenvalue weighted by Crippen LogP contribution is 2.44. The SMILES string of the molecule is N#CC1CC(C2CCCC2)CC1C#N. The molecule has 2 aliphatic carbocycles. The van der Waals surface area contributed by atoms with E-state index >= 15 is 0 Å². The van der Waals surface area contributed by atoms with Crippen LogP contribution < -0.4 is 0 Å². The van der Waals surface area contributed by atoms with Gasteiger partial charge in [0, 0.05) is 0 Å². The van der Waals surface area contributed by atoms with Crippen LogP contribution in [-0.2, 0) is 0 Å². The second-order valence-corrected chi connectivity index (χ2v) is 4.75. The van der Waals surface area contributed by atoms with Gasteiger partial charge in [-0.3, -0.25) is 0 Å². The minimum absolute atomic E-state index is 0.0191. The zero-order chi connectivity index (χ0) is 9.97. The Bertz CT molecular complexity index is 256. The van der Waals surface area contributed by atoms with Crippen molar-refractivity contribution in [3.63, 3.8) is 0 Å². The third-order valence-electron chi connectivity index (χ3n) is 4.00. The van der Waals surface area contributed by atoms with Crippen molar-refractivity contribution >= 4 is 0 Å². The third-order valence-corrected chi connectivity index (χ3v) is 4.00. The van der Waals surface area contributed by atoms with Crippen LogP contribution in [0.3, 0.4) is 0 Å². The first-order valence-corrected chi connectivity index (χ1v) is 5.64. The summed E-state index contributed by atoms with van der Waals surface area (Å²) in [6.07, 6.45) is 7.35. The highest BCUT2D eigenvalue weighted by molar-refractivity contribution is 5.05. The predicted octanol–water partition coefficient (Wildman–Crippen LogP) is 2.87. The Morgan fingerprint density at radius 1 is 0.786 bits per heavy atom. The lowest BCUT2D eigenvalue weighted by Crippen LogP contribution is -2.07. The number of hydrogen-bond acceptors (Lipinski definition) is 2. The largest absolute Gasteiger partial charge is 0.198 e. The lowest BCUT2D eigenvalue weighted by molar-refractivity contribution is 0.340. The van der Waals surface area contributed by atoms with Gasteiger partial charge in [0.1, 0.15) is 0 Å². The van der Waals surface area contributed by atoms with Crippen LogP contribution in [0, 0.1) is 46.3 Å². The minimum atomic E-state index is 0.0191. The van der Waals surface area contributed by atoms with E-state index in [0.717, 1.165) is 18.8 Å². The molecular weight excluding hydrogens is 172 g/mol. The van der Waals surface area contributed by atoms with Crippen molar-refractivity contribution in [1.29, 1.82) is 10.5 Å². The van der Waals surface area contributed by atoms with Crippen molar-refractivity contribution < 1.29 is 0 Å². The predicted molar refractivity (Wildman–Crippen MR) is 52.9 cm³/mol. The molecule has 2 saturated carbocycles. The van der Waals surface area contributed by atoms with Crippen LogP contribution in [0.5, 0.6) is 0 Å². The summed E-state index contributed by atoms with van der Waals surface area (Å²) < 4.78 is 0. The molecule has 0 bridgehead atoms. The Balaban J connectivity index is 1.98. The molecule has 0 aromatic rings. The summed E-state index contributed by atoms with van der Waals surface area (Å²) in [6, 6.07) is 4.59. The molecule has 2 unspecified atom stereocenters. The topological polar surface area (TPSA) is 47.6 Å². The van der Waals surface area contributed by atoms with E-state index < -0.39 is 0 Å². The molecule has 2 rings (SSSR count). The van der Waals surface area contributed by atoms with Crippen LogP contribution in [0.4, 0.5) is 0 Å². The van der Waals surface area contributed by atoms with E-state index in [1.54, 1.807) is 0 Å². The Morgan fingerprint density at radius 2 is 1.29 bits per heavy atom. The quantitative estimate of drug-likeness (QED) is 0.635. The van der Waals surface area contributed by atoms with Crippen molar-refractivity contribution in [2.24, 2.45) is 23.7 Å². The van der Waals surface area contributed by atoms with Crippen molar-refractivity contribution in [2.45, 2.75) is 38.5 Å². The molecule has 2 atom stereocenters. The first kappa shape index (κ1) is 9.53. The van der Waals surface area contributed by atoms with Gasteiger partial charge in [0.2, 0.25) is 0 Å². The number of hydrogen-bond donors (Lipinski definition) is 0. The van der Waals surface area contributed by atoms with Crippen LogP contribution in [0.25, 0.3) is 0 Å². The van der Waals surface area contributed by atoms with Gasteiger partial charge >= 0.3 is 0 Å². The highest BCUT2D eigenvalue weighted by Gasteiger charge is 2.38. The normalized spacial score (nSPS) is 38.0. The lowest BCUT2D eigenvalue weighted by atomic mass is 9.89. The van der Waals surface area contributed by atoms with Crippen molar-refractivity contribution in [1.82, 2.24) is 0 Å². The summed E-state index contributed by atoms with van der Waals surface area (Å²) in [4.78, 5) is 0. The fraction of sp³-hybridized carbons (Fsp3) is 0.833. The van der Waals surface area contributed by atoms with Gasteiger partial charge in [-0.25, -0.2) is 0 Å². The maximum Gasteiger partial charge on any atom is 0.0669 e. The maximum absolute atomic E-state index is 8.93. The molecule has 0 radical (unpaired) electrons. The first-order chi connectivity index (χ1) is 6.85. The molecule has 2 heteroatoms. The molecule has 0 N–H and O–H groups in total. The summed E-state index contributed by atoms with van der Waals surface area (Å²) in [6.45, 7) is 0. The van der Waals surface area contributed by atoms with E-state index in [0.29, 0.717) is 5.92 Å². The Morgan fingerprint density at radius 3 is 1.71 bits per heavy atom. The second-order valence-electron chi connectivity index (χ2n) is 4.75. The van der Waals surface area contributed by atoms with Gasteiger partial charge in [0.25, 0.3) is 0 Å². The summed E-state index contributed by atoms with van der Waals surface area (Å²) in [7, 11) is 0. The number of rotatable bonds is 1. The molecule has 0 saturated heterocycles. The Labute approximate surface area is 85.5 Å². The maximum atomic E-state index is 8.93. The van der Waals surface area contributed by atoms with Crippen molar-refractivity contribution in [2.75, 3.05) is 0 Å². The van der Waals surface area contributed by atoms with E-state index in [1.165, 1.54) is 25.7 Å². The smallest absolute Gasteiger partial charge is 0.0669 e. The minimum Gasteiger partial charge on any atom is -0.198 e. The van der Waals surface area contributed by atoms with Gasteiger partial charge in [-0.15, -0.1) is 0 Å². The standard InChI is InChI=1S/C12H16N2/c13-7-11-5-10(6-12(11)8-14)9-3-1-2-4-9/h9-12H,1-6H2. The summed E-state index contributed by atoms with van der Waals surface area (Å²) in [5.41, 5.74) is 0. The van der Waals surface area contributed by atoms with Crippen molar-refractivity contribution in [3.05, 3.63) is 0 Å². The number of nitriles is 2. The van der Waals surface area contributed by atoms with E-state index in [-0.39, 0.29) is 11.8 Å². The molecule has 0 aliphatic heterocycles. The van der Waals surface area contributed by atoms with Gasteiger partial charge in [0.15, 0.2) is 0 Å². The fourth-order valence-corrected chi connectivity index (χ4v) is 3.18. The van der Waals surface area contributed by atoms with E-state index in [9.17, 15) is 0 Å². The molecule has 0 aromatic carbocycles. The molecule has 0 heterocycles. The van der Waals surface area contributed by atoms with E-state index in [4.69, 9.17) is 10.5 Å². The van der Waals surface area contributed by atoms with Crippen LogP contribution in [0.2, 0.25) is 0 Å². The third kappa shape index (κ3) is 1.62. The second kappa shape index (κ2) is 4.01. The molecule has 2 aliphatic rings. The van der Waals surface area contributed by atoms with Gasteiger partial charge < -0.3 is 0 Å². The highest BCUT2D eigenvalue weighted by atomic mass is 14.4. The van der Waals surface area contributed by atoms with E-state index in [2.05, 4.69) is 12.1 Å². The molecule has 74 valence electrons. The summed E-state index contributed by atoms with van der Waals surface area (Å²) in [5.74, 6) is 1.53. The molecule has 2 fully saturated rings.